The van der Waals surface area contributed by atoms with Crippen LogP contribution in [0.2, 0.25) is 0 Å². The molecule has 4 nitrogen and oxygen atoms in total. The fourth-order valence-electron chi connectivity index (χ4n) is 1.90. The Balaban J connectivity index is 1.69. The topological polar surface area (TPSA) is 44.8 Å². The van der Waals surface area contributed by atoms with E-state index in [0.717, 1.165) is 12.0 Å². The molecule has 1 saturated heterocycles. The highest BCUT2D eigenvalue weighted by Crippen LogP contribution is 2.18. The Morgan fingerprint density at radius 2 is 2.11 bits per heavy atom. The molecule has 0 spiro atoms. The number of carbonyl (C=O) groups excluding carboxylic acids is 1. The molecule has 2 rings (SSSR count). The van der Waals surface area contributed by atoms with Crippen LogP contribution in [0.5, 0.6) is 0 Å². The van der Waals surface area contributed by atoms with E-state index < -0.39 is 6.29 Å². The smallest absolute Gasteiger partial charge is 0.304 e. The van der Waals surface area contributed by atoms with Gasteiger partial charge in [0.05, 0.1) is 19.3 Å². The summed E-state index contributed by atoms with van der Waals surface area (Å²) in [6, 6.07) is 10.0. The lowest BCUT2D eigenvalue weighted by atomic mass is 10.1. The van der Waals surface area contributed by atoms with E-state index in [1.54, 1.807) is 0 Å². The second-order valence-corrected chi connectivity index (χ2v) is 4.37. The number of hydrogen-bond donors (Lipinski definition) is 0. The van der Waals surface area contributed by atoms with Crippen LogP contribution in [0, 0.1) is 0 Å². The van der Waals surface area contributed by atoms with Crippen LogP contribution in [-0.2, 0) is 25.6 Å². The summed E-state index contributed by atoms with van der Waals surface area (Å²) in [5, 5.41) is 0. The second kappa shape index (κ2) is 6.52. The van der Waals surface area contributed by atoms with Crippen LogP contribution in [0.4, 0.5) is 0 Å². The molecule has 0 radical (unpaired) electrons. The summed E-state index contributed by atoms with van der Waals surface area (Å²) in [4.78, 5) is 10.8. The van der Waals surface area contributed by atoms with Gasteiger partial charge >= 0.3 is 5.97 Å². The maximum absolute atomic E-state index is 10.8. The first-order valence-corrected chi connectivity index (χ1v) is 6.18. The van der Waals surface area contributed by atoms with Crippen molar-refractivity contribution in [2.24, 2.45) is 0 Å². The van der Waals surface area contributed by atoms with Gasteiger partial charge in [0.15, 0.2) is 0 Å². The van der Waals surface area contributed by atoms with Crippen LogP contribution in [-0.4, -0.2) is 25.0 Å². The van der Waals surface area contributed by atoms with Crippen molar-refractivity contribution in [1.29, 1.82) is 0 Å². The maximum atomic E-state index is 10.8. The fourth-order valence-corrected chi connectivity index (χ4v) is 1.90. The van der Waals surface area contributed by atoms with E-state index in [9.17, 15) is 4.79 Å². The Labute approximate surface area is 107 Å². The Morgan fingerprint density at radius 3 is 2.72 bits per heavy atom. The van der Waals surface area contributed by atoms with Crippen molar-refractivity contribution in [2.45, 2.75) is 38.8 Å². The van der Waals surface area contributed by atoms with Gasteiger partial charge in [0.1, 0.15) is 0 Å². The van der Waals surface area contributed by atoms with Crippen LogP contribution >= 0.6 is 0 Å². The first kappa shape index (κ1) is 13.1. The quantitative estimate of drug-likeness (QED) is 0.769. The van der Waals surface area contributed by atoms with Crippen molar-refractivity contribution in [3.8, 4) is 0 Å². The molecule has 1 aliphatic rings. The van der Waals surface area contributed by atoms with Gasteiger partial charge in [-0.3, -0.25) is 4.79 Å². The predicted octanol–water partition coefficient (Wildman–Crippen LogP) is 2.27. The zero-order valence-electron chi connectivity index (χ0n) is 10.5. The average molecular weight is 250 g/mol. The van der Waals surface area contributed by atoms with Crippen molar-refractivity contribution < 1.29 is 19.0 Å². The minimum absolute atomic E-state index is 0.0806. The standard InChI is InChI=1S/C14H18O4/c1-11(15)18-14-8-7-13(10-17-14)16-9-12-5-3-2-4-6-12/h2-6,13-14H,7-10H2,1H3/t13-,14?/m0/s1. The molecule has 0 bridgehead atoms. The van der Waals surface area contributed by atoms with Gasteiger partial charge in [-0.15, -0.1) is 0 Å². The number of rotatable bonds is 4. The van der Waals surface area contributed by atoms with E-state index in [1.807, 2.05) is 30.3 Å². The number of carbonyl (C=O) groups is 1. The summed E-state index contributed by atoms with van der Waals surface area (Å²) in [6.07, 6.45) is 1.22. The Morgan fingerprint density at radius 1 is 1.33 bits per heavy atom. The monoisotopic (exact) mass is 250 g/mol. The van der Waals surface area contributed by atoms with E-state index in [0.29, 0.717) is 19.6 Å². The van der Waals surface area contributed by atoms with Crippen LogP contribution in [0.3, 0.4) is 0 Å². The van der Waals surface area contributed by atoms with E-state index in [2.05, 4.69) is 0 Å². The Kier molecular flexibility index (Phi) is 4.73. The van der Waals surface area contributed by atoms with Gasteiger partial charge in [0.25, 0.3) is 0 Å². The number of benzene rings is 1. The highest BCUT2D eigenvalue weighted by Gasteiger charge is 2.23. The van der Waals surface area contributed by atoms with Gasteiger partial charge in [-0.05, 0) is 12.0 Å². The summed E-state index contributed by atoms with van der Waals surface area (Å²) < 4.78 is 16.2. The highest BCUT2D eigenvalue weighted by atomic mass is 16.7. The summed E-state index contributed by atoms with van der Waals surface area (Å²) in [6.45, 7) is 2.46. The Bertz CT molecular complexity index is 369. The molecule has 2 atom stereocenters. The van der Waals surface area contributed by atoms with Crippen molar-refractivity contribution in [3.63, 3.8) is 0 Å². The lowest BCUT2D eigenvalue weighted by Gasteiger charge is -2.28. The molecule has 18 heavy (non-hydrogen) atoms. The lowest BCUT2D eigenvalue weighted by Crippen LogP contribution is -2.33. The Hall–Kier alpha value is -1.39. The molecule has 1 aromatic carbocycles. The van der Waals surface area contributed by atoms with Crippen molar-refractivity contribution in [1.82, 2.24) is 0 Å². The zero-order valence-corrected chi connectivity index (χ0v) is 10.5. The molecular formula is C14H18O4. The SMILES string of the molecule is CC(=O)OC1CC[C@H](OCc2ccccc2)CO1. The summed E-state index contributed by atoms with van der Waals surface area (Å²) in [5.41, 5.74) is 1.15. The normalized spacial score (nSPS) is 23.6. The van der Waals surface area contributed by atoms with E-state index in [-0.39, 0.29) is 12.1 Å². The summed E-state index contributed by atoms with van der Waals surface area (Å²) in [7, 11) is 0. The second-order valence-electron chi connectivity index (χ2n) is 4.37. The first-order chi connectivity index (χ1) is 8.74. The molecule has 1 heterocycles. The van der Waals surface area contributed by atoms with E-state index >= 15 is 0 Å². The van der Waals surface area contributed by atoms with Crippen LogP contribution in [0.25, 0.3) is 0 Å². The zero-order chi connectivity index (χ0) is 12.8. The van der Waals surface area contributed by atoms with Crippen LogP contribution in [0.15, 0.2) is 30.3 Å². The maximum Gasteiger partial charge on any atom is 0.304 e. The third kappa shape index (κ3) is 4.13. The molecule has 0 aliphatic carbocycles. The van der Waals surface area contributed by atoms with Crippen molar-refractivity contribution in [2.75, 3.05) is 6.61 Å². The molecule has 4 heteroatoms. The van der Waals surface area contributed by atoms with Crippen LogP contribution in [0.1, 0.15) is 25.3 Å². The number of ether oxygens (including phenoxy) is 3. The minimum atomic E-state index is -0.404. The number of hydrogen-bond acceptors (Lipinski definition) is 4. The molecule has 1 unspecified atom stereocenters. The van der Waals surface area contributed by atoms with Gasteiger partial charge in [-0.25, -0.2) is 0 Å². The predicted molar refractivity (Wildman–Crippen MR) is 65.8 cm³/mol. The van der Waals surface area contributed by atoms with E-state index in [4.69, 9.17) is 14.2 Å². The van der Waals surface area contributed by atoms with Crippen molar-refractivity contribution in [3.05, 3.63) is 35.9 Å². The minimum Gasteiger partial charge on any atom is -0.436 e. The van der Waals surface area contributed by atoms with Gasteiger partial charge in [0.2, 0.25) is 6.29 Å². The van der Waals surface area contributed by atoms with E-state index in [1.165, 1.54) is 6.92 Å². The molecule has 1 aliphatic heterocycles. The molecule has 1 aromatic rings. The van der Waals surface area contributed by atoms with Gasteiger partial charge in [-0.2, -0.15) is 0 Å². The van der Waals surface area contributed by atoms with Gasteiger partial charge < -0.3 is 14.2 Å². The average Bonchev–Trinajstić information content (AvgIpc) is 2.38. The fraction of sp³-hybridized carbons (Fsp3) is 0.500. The molecule has 1 fully saturated rings. The molecule has 0 saturated carbocycles. The van der Waals surface area contributed by atoms with Crippen LogP contribution < -0.4 is 0 Å². The summed E-state index contributed by atoms with van der Waals surface area (Å²) >= 11 is 0. The molecule has 0 N–H and O–H groups in total. The third-order valence-corrected chi connectivity index (χ3v) is 2.82. The third-order valence-electron chi connectivity index (χ3n) is 2.82. The van der Waals surface area contributed by atoms with Gasteiger partial charge in [0, 0.05) is 13.3 Å². The van der Waals surface area contributed by atoms with Crippen molar-refractivity contribution >= 4 is 5.97 Å². The molecular weight excluding hydrogens is 232 g/mol. The molecule has 0 amide bonds. The van der Waals surface area contributed by atoms with Gasteiger partial charge in [-0.1, -0.05) is 30.3 Å². The highest BCUT2D eigenvalue weighted by molar-refractivity contribution is 5.66. The largest absolute Gasteiger partial charge is 0.436 e. The molecule has 0 aromatic heterocycles. The first-order valence-electron chi connectivity index (χ1n) is 6.18. The summed E-state index contributed by atoms with van der Waals surface area (Å²) in [5.74, 6) is -0.302. The number of esters is 1. The molecule has 98 valence electrons. The lowest BCUT2D eigenvalue weighted by molar-refractivity contribution is -0.201.